The van der Waals surface area contributed by atoms with Crippen LogP contribution in [0.2, 0.25) is 0 Å². The standard InChI is InChI=1S/C22H21.C13H10.2ClH.Zr/c1-3-18-19(4-2)22-17(13-16-11-7-8-12-20(16)22)14-21(18)15-9-5-6-10-15;1-3-7-12(8-4-1)11-13-9-5-2-6-10-13;;;/h5-9,11-12H,3-4,10,13H2,1-2H3;1-10H;2*1H;/q;;;;+2/p-2. The third kappa shape index (κ3) is 5.14. The first-order valence-electron chi connectivity index (χ1n) is 13.2. The first-order valence-corrected chi connectivity index (χ1v) is 15.7. The zero-order valence-corrected chi connectivity index (χ0v) is 25.9. The van der Waals surface area contributed by atoms with E-state index in [1.54, 1.807) is 34.3 Å². The fraction of sp³-hybridized carbons (Fsp3) is 0.171. The average molecular weight is 614 g/mol. The van der Waals surface area contributed by atoms with Gasteiger partial charge in [0.25, 0.3) is 0 Å². The Bertz CT molecular complexity index is 1490. The monoisotopic (exact) mass is 611 g/mol. The summed E-state index contributed by atoms with van der Waals surface area (Å²) in [5.74, 6) is 0. The van der Waals surface area contributed by atoms with Crippen LogP contribution in [0.15, 0.2) is 103 Å². The van der Waals surface area contributed by atoms with Gasteiger partial charge in [-0.05, 0) is 0 Å². The van der Waals surface area contributed by atoms with E-state index in [1.807, 2.05) is 0 Å². The van der Waals surface area contributed by atoms with Gasteiger partial charge in [-0.2, -0.15) is 0 Å². The van der Waals surface area contributed by atoms with Crippen LogP contribution in [0.25, 0.3) is 16.7 Å². The van der Waals surface area contributed by atoms with Gasteiger partial charge in [-0.25, -0.2) is 0 Å². The smallest absolute Gasteiger partial charge is 1.00 e. The maximum absolute atomic E-state index is 2.38. The Labute approximate surface area is 250 Å². The molecule has 0 saturated carbocycles. The van der Waals surface area contributed by atoms with E-state index in [2.05, 4.69) is 117 Å². The van der Waals surface area contributed by atoms with Crippen molar-refractivity contribution in [2.45, 2.75) is 39.5 Å². The van der Waals surface area contributed by atoms with Crippen molar-refractivity contribution >= 4 is 12.1 Å². The fourth-order valence-corrected chi connectivity index (χ4v) is 10.2. The van der Waals surface area contributed by atoms with Crippen LogP contribution in [-0.2, 0) is 42.0 Å². The molecule has 0 unspecified atom stereocenters. The van der Waals surface area contributed by atoms with Crippen LogP contribution in [0.3, 0.4) is 0 Å². The van der Waals surface area contributed by atoms with E-state index in [-0.39, 0.29) is 24.8 Å². The summed E-state index contributed by atoms with van der Waals surface area (Å²) in [5.41, 5.74) is 15.3. The SMILES string of the molecule is CCc1c(CC)c2c([c]([Zr+2]=[C](c3ccccc3)c3ccccc3)c1C1=CC=CC1)Cc1ccccc1-2.[Cl-].[Cl-]. The molecule has 38 heavy (non-hydrogen) atoms. The molecule has 0 aliphatic heterocycles. The number of hydrogen-bond acceptors (Lipinski definition) is 0. The van der Waals surface area contributed by atoms with Gasteiger partial charge in [-0.15, -0.1) is 0 Å². The molecule has 4 aromatic carbocycles. The van der Waals surface area contributed by atoms with Crippen LogP contribution in [-0.4, -0.2) is 3.21 Å². The van der Waals surface area contributed by atoms with Gasteiger partial charge in [-0.1, -0.05) is 0 Å². The van der Waals surface area contributed by atoms with Gasteiger partial charge in [0, 0.05) is 0 Å². The summed E-state index contributed by atoms with van der Waals surface area (Å²) in [5, 5.41) is 0. The second-order valence-corrected chi connectivity index (χ2v) is 12.7. The van der Waals surface area contributed by atoms with Crippen molar-refractivity contribution in [2.24, 2.45) is 0 Å². The molecule has 189 valence electrons. The molecule has 0 bridgehead atoms. The van der Waals surface area contributed by atoms with Gasteiger partial charge >= 0.3 is 228 Å². The fourth-order valence-electron chi connectivity index (χ4n) is 6.07. The van der Waals surface area contributed by atoms with Crippen molar-refractivity contribution in [3.63, 3.8) is 0 Å². The summed E-state index contributed by atoms with van der Waals surface area (Å²) in [4.78, 5) is 0. The summed E-state index contributed by atoms with van der Waals surface area (Å²) in [6.07, 6.45) is 11.3. The van der Waals surface area contributed by atoms with Crippen LogP contribution < -0.4 is 28.1 Å². The predicted molar refractivity (Wildman–Crippen MR) is 151 cm³/mol. The molecule has 0 spiro atoms. The Morgan fingerprint density at radius 2 is 1.29 bits per heavy atom. The zero-order chi connectivity index (χ0) is 24.5. The van der Waals surface area contributed by atoms with Crippen LogP contribution in [0.4, 0.5) is 0 Å². The molecule has 0 radical (unpaired) electrons. The minimum absolute atomic E-state index is 0. The number of fused-ring (bicyclic) bond motifs is 3. The van der Waals surface area contributed by atoms with Crippen molar-refractivity contribution in [2.75, 3.05) is 0 Å². The van der Waals surface area contributed by atoms with E-state index in [4.69, 9.17) is 0 Å². The molecule has 0 heterocycles. The first kappa shape index (κ1) is 28.7. The summed E-state index contributed by atoms with van der Waals surface area (Å²) in [6.45, 7) is 4.72. The van der Waals surface area contributed by atoms with Gasteiger partial charge in [0.2, 0.25) is 0 Å². The van der Waals surface area contributed by atoms with Gasteiger partial charge < -0.3 is 24.8 Å². The van der Waals surface area contributed by atoms with E-state index in [0.29, 0.717) is 0 Å². The minimum atomic E-state index is -1.19. The van der Waals surface area contributed by atoms with E-state index < -0.39 is 22.8 Å². The largest absolute Gasteiger partial charge is 1.00 e. The molecule has 3 heteroatoms. The molecular weight excluding hydrogens is 583 g/mol. The van der Waals surface area contributed by atoms with Crippen molar-refractivity contribution < 1.29 is 47.6 Å². The first-order chi connectivity index (χ1) is 17.8. The number of halogens is 2. The van der Waals surface area contributed by atoms with Crippen molar-refractivity contribution in [1.29, 1.82) is 0 Å². The van der Waals surface area contributed by atoms with Crippen LogP contribution >= 0.6 is 0 Å². The third-order valence-corrected chi connectivity index (χ3v) is 11.7. The molecule has 2 aliphatic rings. The van der Waals surface area contributed by atoms with Crippen LogP contribution in [0.1, 0.15) is 59.2 Å². The normalized spacial score (nSPS) is 12.5. The second kappa shape index (κ2) is 12.7. The summed E-state index contributed by atoms with van der Waals surface area (Å²) in [6, 6.07) is 31.5. The molecule has 0 nitrogen and oxygen atoms in total. The van der Waals surface area contributed by atoms with E-state index >= 15 is 0 Å². The van der Waals surface area contributed by atoms with Gasteiger partial charge in [-0.3, -0.25) is 0 Å². The molecule has 0 saturated heterocycles. The molecular formula is C35H31Cl2Zr. The molecule has 0 fully saturated rings. The van der Waals surface area contributed by atoms with Gasteiger partial charge in [0.1, 0.15) is 0 Å². The molecule has 4 aromatic rings. The van der Waals surface area contributed by atoms with Crippen molar-refractivity contribution in [3.8, 4) is 11.1 Å². The van der Waals surface area contributed by atoms with E-state index in [0.717, 1.165) is 25.7 Å². The van der Waals surface area contributed by atoms with Crippen LogP contribution in [0, 0.1) is 0 Å². The van der Waals surface area contributed by atoms with Crippen molar-refractivity contribution in [3.05, 3.63) is 142 Å². The maximum atomic E-state index is 2.38. The minimum Gasteiger partial charge on any atom is -1.00 e. The quantitative estimate of drug-likeness (QED) is 0.274. The summed E-state index contributed by atoms with van der Waals surface area (Å²) >= 11 is -1.19. The van der Waals surface area contributed by atoms with Crippen LogP contribution in [0.5, 0.6) is 0 Å². The number of rotatable bonds is 6. The number of allylic oxidation sites excluding steroid dienone is 4. The molecule has 6 rings (SSSR count). The Hall–Kier alpha value is -2.31. The third-order valence-electron chi connectivity index (χ3n) is 7.65. The Balaban J connectivity index is 0.00000168. The Morgan fingerprint density at radius 3 is 1.87 bits per heavy atom. The number of benzene rings is 4. The van der Waals surface area contributed by atoms with E-state index in [1.165, 1.54) is 27.8 Å². The zero-order valence-electron chi connectivity index (χ0n) is 21.9. The topological polar surface area (TPSA) is 0 Å². The van der Waals surface area contributed by atoms with Crippen molar-refractivity contribution in [1.82, 2.24) is 0 Å². The maximum Gasteiger partial charge on any atom is -1.00 e. The molecule has 0 atom stereocenters. The van der Waals surface area contributed by atoms with Gasteiger partial charge in [0.05, 0.1) is 0 Å². The molecule has 0 N–H and O–H groups in total. The molecule has 0 aromatic heterocycles. The number of hydrogen-bond donors (Lipinski definition) is 0. The predicted octanol–water partition coefficient (Wildman–Crippen LogP) is 1.71. The average Bonchev–Trinajstić information content (AvgIpc) is 3.60. The summed E-state index contributed by atoms with van der Waals surface area (Å²) in [7, 11) is 0. The molecule has 0 amide bonds. The second-order valence-electron chi connectivity index (χ2n) is 9.66. The van der Waals surface area contributed by atoms with Gasteiger partial charge in [0.15, 0.2) is 0 Å². The summed E-state index contributed by atoms with van der Waals surface area (Å²) < 4.78 is 3.29. The Kier molecular flexibility index (Phi) is 9.59. The van der Waals surface area contributed by atoms with E-state index in [9.17, 15) is 0 Å². The Morgan fingerprint density at radius 1 is 0.711 bits per heavy atom. The molecule has 2 aliphatic carbocycles.